The molecule has 1 rings (SSSR count). The summed E-state index contributed by atoms with van der Waals surface area (Å²) in [5.41, 5.74) is 6.74. The summed E-state index contributed by atoms with van der Waals surface area (Å²) >= 11 is 1.60. The third-order valence-corrected chi connectivity index (χ3v) is 3.97. The minimum atomic E-state index is -0.357. The molecule has 0 aliphatic rings. The Labute approximate surface area is 100 Å². The fourth-order valence-electron chi connectivity index (χ4n) is 1.23. The van der Waals surface area contributed by atoms with E-state index in [2.05, 4.69) is 0 Å². The summed E-state index contributed by atoms with van der Waals surface area (Å²) in [4.78, 5) is 0. The predicted octanol–water partition coefficient (Wildman–Crippen LogP) is 2.33. The van der Waals surface area contributed by atoms with Crippen molar-refractivity contribution < 1.29 is 9.50 Å². The van der Waals surface area contributed by atoms with Gasteiger partial charge in [0.25, 0.3) is 0 Å². The van der Waals surface area contributed by atoms with E-state index in [-0.39, 0.29) is 23.2 Å². The summed E-state index contributed by atoms with van der Waals surface area (Å²) in [7, 11) is 0. The Morgan fingerprint density at radius 2 is 2.12 bits per heavy atom. The van der Waals surface area contributed by atoms with E-state index >= 15 is 0 Å². The molecule has 3 unspecified atom stereocenters. The van der Waals surface area contributed by atoms with Gasteiger partial charge in [-0.1, -0.05) is 19.1 Å². The summed E-state index contributed by atoms with van der Waals surface area (Å²) < 4.78 is 13.0. The Morgan fingerprint density at radius 3 is 2.69 bits per heavy atom. The first-order valence-electron chi connectivity index (χ1n) is 5.31. The van der Waals surface area contributed by atoms with Crippen LogP contribution in [0.25, 0.3) is 0 Å². The largest absolute Gasteiger partial charge is 0.392 e. The number of rotatable bonds is 5. The third kappa shape index (κ3) is 4.12. The first kappa shape index (κ1) is 13.5. The molecule has 3 N–H and O–H groups in total. The molecule has 0 saturated heterocycles. The second kappa shape index (κ2) is 6.23. The van der Waals surface area contributed by atoms with E-state index in [1.165, 1.54) is 12.1 Å². The second-order valence-electron chi connectivity index (χ2n) is 3.94. The highest BCUT2D eigenvalue weighted by atomic mass is 32.2. The van der Waals surface area contributed by atoms with Gasteiger partial charge in [-0.3, -0.25) is 0 Å². The number of benzene rings is 1. The first-order valence-corrected chi connectivity index (χ1v) is 6.36. The van der Waals surface area contributed by atoms with Crippen LogP contribution < -0.4 is 5.73 Å². The van der Waals surface area contributed by atoms with Crippen molar-refractivity contribution in [2.75, 3.05) is 5.75 Å². The fraction of sp³-hybridized carbons (Fsp3) is 0.500. The van der Waals surface area contributed by atoms with E-state index in [1.807, 2.05) is 13.0 Å². The van der Waals surface area contributed by atoms with Gasteiger partial charge in [-0.2, -0.15) is 11.8 Å². The topological polar surface area (TPSA) is 46.2 Å². The van der Waals surface area contributed by atoms with E-state index in [1.54, 1.807) is 24.8 Å². The maximum atomic E-state index is 13.0. The zero-order valence-corrected chi connectivity index (χ0v) is 10.4. The van der Waals surface area contributed by atoms with Crippen molar-refractivity contribution in [1.29, 1.82) is 0 Å². The Kier molecular flexibility index (Phi) is 5.25. The molecule has 0 saturated carbocycles. The molecule has 0 amide bonds. The summed E-state index contributed by atoms with van der Waals surface area (Å²) in [6.45, 7) is 3.71. The van der Waals surface area contributed by atoms with E-state index in [4.69, 9.17) is 5.73 Å². The van der Waals surface area contributed by atoms with Gasteiger partial charge in [0.1, 0.15) is 5.82 Å². The molecule has 1 aromatic carbocycles. The van der Waals surface area contributed by atoms with Gasteiger partial charge in [-0.05, 0) is 24.6 Å². The molecule has 0 radical (unpaired) electrons. The van der Waals surface area contributed by atoms with Crippen LogP contribution in [0.15, 0.2) is 24.3 Å². The van der Waals surface area contributed by atoms with Crippen LogP contribution in [-0.2, 0) is 0 Å². The Morgan fingerprint density at radius 1 is 1.44 bits per heavy atom. The Balaban J connectivity index is 2.49. The summed E-state index contributed by atoms with van der Waals surface area (Å²) in [6, 6.07) is 6.15. The van der Waals surface area contributed by atoms with Crippen molar-refractivity contribution >= 4 is 11.8 Å². The van der Waals surface area contributed by atoms with Crippen LogP contribution >= 0.6 is 11.8 Å². The van der Waals surface area contributed by atoms with Gasteiger partial charge in [0.05, 0.1) is 6.10 Å². The molecule has 3 atom stereocenters. The van der Waals surface area contributed by atoms with Gasteiger partial charge in [0, 0.05) is 17.0 Å². The van der Waals surface area contributed by atoms with Crippen LogP contribution in [0, 0.1) is 5.82 Å². The molecule has 0 bridgehead atoms. The van der Waals surface area contributed by atoms with E-state index in [9.17, 15) is 9.50 Å². The van der Waals surface area contributed by atoms with Gasteiger partial charge in [0.2, 0.25) is 0 Å². The lowest BCUT2D eigenvalue weighted by Gasteiger charge is -2.17. The van der Waals surface area contributed by atoms with Crippen molar-refractivity contribution in [3.63, 3.8) is 0 Å². The van der Waals surface area contributed by atoms with Gasteiger partial charge in [-0.25, -0.2) is 4.39 Å². The van der Waals surface area contributed by atoms with Crippen molar-refractivity contribution in [3.05, 3.63) is 35.6 Å². The monoisotopic (exact) mass is 243 g/mol. The molecule has 4 heteroatoms. The average molecular weight is 243 g/mol. The maximum absolute atomic E-state index is 13.0. The molecule has 90 valence electrons. The molecular formula is C12H18FNOS. The highest BCUT2D eigenvalue weighted by Crippen LogP contribution is 2.21. The lowest BCUT2D eigenvalue weighted by atomic mass is 10.1. The normalized spacial score (nSPS) is 16.8. The maximum Gasteiger partial charge on any atom is 0.123 e. The van der Waals surface area contributed by atoms with Crippen LogP contribution in [0.1, 0.15) is 25.5 Å². The molecule has 0 fully saturated rings. The standard InChI is InChI=1S/C12H18FNOS/c1-8(15)9(2)16-7-12(14)10-4-3-5-11(13)6-10/h3-6,8-9,12,15H,7,14H2,1-2H3. The van der Waals surface area contributed by atoms with Crippen LogP contribution in [0.3, 0.4) is 0 Å². The first-order chi connectivity index (χ1) is 7.50. The minimum Gasteiger partial charge on any atom is -0.392 e. The van der Waals surface area contributed by atoms with Crippen LogP contribution in [-0.4, -0.2) is 22.2 Å². The van der Waals surface area contributed by atoms with Crippen LogP contribution in [0.2, 0.25) is 0 Å². The minimum absolute atomic E-state index is 0.139. The zero-order valence-electron chi connectivity index (χ0n) is 9.56. The number of aliphatic hydroxyl groups excluding tert-OH is 1. The van der Waals surface area contributed by atoms with Gasteiger partial charge < -0.3 is 10.8 Å². The van der Waals surface area contributed by atoms with E-state index < -0.39 is 0 Å². The molecule has 0 heterocycles. The molecule has 1 aromatic rings. The fourth-order valence-corrected chi connectivity index (χ4v) is 2.21. The predicted molar refractivity (Wildman–Crippen MR) is 66.9 cm³/mol. The molecular weight excluding hydrogens is 225 g/mol. The molecule has 0 aliphatic carbocycles. The van der Waals surface area contributed by atoms with E-state index in [0.717, 1.165) is 5.56 Å². The molecule has 0 aliphatic heterocycles. The number of nitrogens with two attached hydrogens (primary N) is 1. The van der Waals surface area contributed by atoms with E-state index in [0.29, 0.717) is 5.75 Å². The molecule has 0 aromatic heterocycles. The lowest BCUT2D eigenvalue weighted by Crippen LogP contribution is -2.20. The quantitative estimate of drug-likeness (QED) is 0.834. The summed E-state index contributed by atoms with van der Waals surface area (Å²) in [6.07, 6.45) is -0.357. The molecule has 0 spiro atoms. The Hall–Kier alpha value is -0.580. The van der Waals surface area contributed by atoms with Crippen molar-refractivity contribution in [1.82, 2.24) is 0 Å². The van der Waals surface area contributed by atoms with Gasteiger partial charge >= 0.3 is 0 Å². The highest BCUT2D eigenvalue weighted by Gasteiger charge is 2.13. The lowest BCUT2D eigenvalue weighted by molar-refractivity contribution is 0.196. The van der Waals surface area contributed by atoms with Crippen LogP contribution in [0.4, 0.5) is 4.39 Å². The average Bonchev–Trinajstić information content (AvgIpc) is 2.25. The number of hydrogen-bond acceptors (Lipinski definition) is 3. The van der Waals surface area contributed by atoms with Crippen LogP contribution in [0.5, 0.6) is 0 Å². The molecule has 2 nitrogen and oxygen atoms in total. The zero-order chi connectivity index (χ0) is 12.1. The van der Waals surface area contributed by atoms with Crippen molar-refractivity contribution in [2.24, 2.45) is 5.73 Å². The molecule has 16 heavy (non-hydrogen) atoms. The third-order valence-electron chi connectivity index (χ3n) is 2.49. The number of hydrogen-bond donors (Lipinski definition) is 2. The number of thioether (sulfide) groups is 1. The summed E-state index contributed by atoms with van der Waals surface area (Å²) in [5.74, 6) is 0.414. The number of halogens is 1. The highest BCUT2D eigenvalue weighted by molar-refractivity contribution is 7.99. The van der Waals surface area contributed by atoms with Crippen molar-refractivity contribution in [3.8, 4) is 0 Å². The van der Waals surface area contributed by atoms with Gasteiger partial charge in [0.15, 0.2) is 0 Å². The summed E-state index contributed by atoms with van der Waals surface area (Å²) in [5, 5.41) is 9.47. The van der Waals surface area contributed by atoms with Gasteiger partial charge in [-0.15, -0.1) is 0 Å². The number of aliphatic hydroxyl groups is 1. The second-order valence-corrected chi connectivity index (χ2v) is 5.35. The van der Waals surface area contributed by atoms with Crippen molar-refractivity contribution in [2.45, 2.75) is 31.2 Å². The SMILES string of the molecule is CC(O)C(C)SCC(N)c1cccc(F)c1. The Bertz CT molecular complexity index is 333. The smallest absolute Gasteiger partial charge is 0.123 e.